The van der Waals surface area contributed by atoms with Gasteiger partial charge in [-0.25, -0.2) is 4.39 Å². The highest BCUT2D eigenvalue weighted by atomic mass is 19.1. The predicted octanol–water partition coefficient (Wildman–Crippen LogP) is 4.58. The number of halogens is 1. The molecular weight excluding hydrogens is 331 g/mol. The van der Waals surface area contributed by atoms with Crippen molar-refractivity contribution in [1.82, 2.24) is 14.7 Å². The smallest absolute Gasteiger partial charge is 0.246 e. The highest BCUT2D eigenvalue weighted by molar-refractivity contribution is 5.88. The van der Waals surface area contributed by atoms with E-state index < -0.39 is 6.67 Å². The van der Waals surface area contributed by atoms with Gasteiger partial charge < -0.3 is 14.4 Å². The largest absolute Gasteiger partial charge is 0.376 e. The Hall–Kier alpha value is -3.15. The van der Waals surface area contributed by atoms with Gasteiger partial charge in [0, 0.05) is 16.6 Å². The van der Waals surface area contributed by atoms with Gasteiger partial charge in [-0.1, -0.05) is 35.5 Å². The van der Waals surface area contributed by atoms with Crippen molar-refractivity contribution < 1.29 is 8.91 Å². The summed E-state index contributed by atoms with van der Waals surface area (Å²) in [5, 5.41) is 8.41. The maximum Gasteiger partial charge on any atom is 0.246 e. The number of aromatic nitrogens is 3. The molecule has 0 fully saturated rings. The van der Waals surface area contributed by atoms with Crippen LogP contribution in [-0.4, -0.2) is 21.4 Å². The summed E-state index contributed by atoms with van der Waals surface area (Å²) < 4.78 is 20.4. The molecule has 0 aliphatic rings. The summed E-state index contributed by atoms with van der Waals surface area (Å²) in [6, 6.07) is 17.8. The molecule has 0 amide bonds. The Morgan fingerprint density at radius 2 is 1.96 bits per heavy atom. The van der Waals surface area contributed by atoms with Crippen molar-refractivity contribution in [2.45, 2.75) is 20.0 Å². The number of para-hydroxylation sites is 1. The lowest BCUT2D eigenvalue weighted by Crippen LogP contribution is -2.03. The van der Waals surface area contributed by atoms with Crippen LogP contribution in [0.1, 0.15) is 11.5 Å². The Bertz CT molecular complexity index is 1020. The van der Waals surface area contributed by atoms with Crippen LogP contribution in [0.5, 0.6) is 0 Å². The fourth-order valence-corrected chi connectivity index (χ4v) is 3.11. The van der Waals surface area contributed by atoms with Gasteiger partial charge in [-0.05, 0) is 36.8 Å². The Morgan fingerprint density at radius 1 is 1.12 bits per heavy atom. The van der Waals surface area contributed by atoms with Gasteiger partial charge in [-0.15, -0.1) is 0 Å². The third-order valence-electron chi connectivity index (χ3n) is 4.39. The molecule has 2 aromatic carbocycles. The summed E-state index contributed by atoms with van der Waals surface area (Å²) in [5.74, 6) is 0.955. The third kappa shape index (κ3) is 3.06. The fraction of sp³-hybridized carbons (Fsp3) is 0.200. The molecule has 5 nitrogen and oxygen atoms in total. The average molecular weight is 350 g/mol. The number of rotatable bonds is 6. The lowest BCUT2D eigenvalue weighted by atomic mass is 10.1. The highest BCUT2D eigenvalue weighted by Gasteiger charge is 2.17. The van der Waals surface area contributed by atoms with Gasteiger partial charge in [-0.3, -0.25) is 0 Å². The van der Waals surface area contributed by atoms with Gasteiger partial charge in [0.15, 0.2) is 0 Å². The molecule has 1 N–H and O–H groups in total. The first-order valence-corrected chi connectivity index (χ1v) is 8.53. The van der Waals surface area contributed by atoms with Crippen molar-refractivity contribution in [2.75, 3.05) is 12.0 Å². The molecule has 4 aromatic rings. The van der Waals surface area contributed by atoms with Gasteiger partial charge in [0.1, 0.15) is 6.67 Å². The first-order chi connectivity index (χ1) is 12.8. The van der Waals surface area contributed by atoms with E-state index in [0.29, 0.717) is 18.3 Å². The molecule has 0 saturated heterocycles. The molecule has 132 valence electrons. The first kappa shape index (κ1) is 16.3. The van der Waals surface area contributed by atoms with E-state index in [-0.39, 0.29) is 6.54 Å². The normalized spacial score (nSPS) is 11.2. The molecular formula is C20H19FN4O. The quantitative estimate of drug-likeness (QED) is 0.553. The van der Waals surface area contributed by atoms with Crippen molar-refractivity contribution in [3.8, 4) is 11.5 Å². The summed E-state index contributed by atoms with van der Waals surface area (Å²) in [6.07, 6.45) is 0. The number of aryl methyl sites for hydroxylation is 2. The molecule has 0 aliphatic heterocycles. The van der Waals surface area contributed by atoms with Crippen LogP contribution in [0.3, 0.4) is 0 Å². The zero-order chi connectivity index (χ0) is 17.9. The Balaban J connectivity index is 1.64. The molecule has 0 aliphatic carbocycles. The van der Waals surface area contributed by atoms with Crippen LogP contribution >= 0.6 is 0 Å². The monoisotopic (exact) mass is 350 g/mol. The van der Waals surface area contributed by atoms with Crippen LogP contribution in [0.2, 0.25) is 0 Å². The van der Waals surface area contributed by atoms with E-state index in [0.717, 1.165) is 27.8 Å². The minimum atomic E-state index is -0.453. The summed E-state index contributed by atoms with van der Waals surface area (Å²) in [5.41, 5.74) is 3.86. The predicted molar refractivity (Wildman–Crippen MR) is 99.7 cm³/mol. The van der Waals surface area contributed by atoms with Crippen molar-refractivity contribution in [3.05, 3.63) is 66.1 Å². The summed E-state index contributed by atoms with van der Waals surface area (Å²) in [4.78, 5) is 4.48. The van der Waals surface area contributed by atoms with E-state index in [2.05, 4.69) is 15.5 Å². The van der Waals surface area contributed by atoms with Gasteiger partial charge in [0.05, 0.1) is 18.8 Å². The molecule has 0 unspecified atom stereocenters. The number of anilines is 1. The Morgan fingerprint density at radius 3 is 2.77 bits per heavy atom. The Labute approximate surface area is 150 Å². The summed E-state index contributed by atoms with van der Waals surface area (Å²) >= 11 is 0. The fourth-order valence-electron chi connectivity index (χ4n) is 3.11. The average Bonchev–Trinajstić information content (AvgIpc) is 3.27. The molecule has 26 heavy (non-hydrogen) atoms. The minimum absolute atomic E-state index is 0.258. The van der Waals surface area contributed by atoms with E-state index in [1.807, 2.05) is 66.1 Å². The molecule has 2 heterocycles. The highest BCUT2D eigenvalue weighted by Crippen LogP contribution is 2.28. The maximum absolute atomic E-state index is 13.1. The Kier molecular flexibility index (Phi) is 4.39. The molecule has 0 spiro atoms. The van der Waals surface area contributed by atoms with Crippen molar-refractivity contribution in [3.63, 3.8) is 0 Å². The van der Waals surface area contributed by atoms with E-state index in [9.17, 15) is 4.39 Å². The van der Waals surface area contributed by atoms with Crippen LogP contribution in [0.25, 0.3) is 22.4 Å². The lowest BCUT2D eigenvalue weighted by Gasteiger charge is -2.05. The molecule has 6 heteroatoms. The third-order valence-corrected chi connectivity index (χ3v) is 4.39. The van der Waals surface area contributed by atoms with Gasteiger partial charge in [0.25, 0.3) is 0 Å². The van der Waals surface area contributed by atoms with Crippen LogP contribution in [0, 0.1) is 6.92 Å². The van der Waals surface area contributed by atoms with Gasteiger partial charge >= 0.3 is 0 Å². The second-order valence-electron chi connectivity index (χ2n) is 6.11. The van der Waals surface area contributed by atoms with E-state index >= 15 is 0 Å². The molecule has 0 saturated carbocycles. The van der Waals surface area contributed by atoms with E-state index in [1.165, 1.54) is 0 Å². The number of fused-ring (bicyclic) bond motifs is 1. The lowest BCUT2D eigenvalue weighted by molar-refractivity contribution is 0.383. The molecule has 0 atom stereocenters. The topological polar surface area (TPSA) is 55.9 Å². The van der Waals surface area contributed by atoms with Crippen LogP contribution in [0.15, 0.2) is 59.1 Å². The zero-order valence-electron chi connectivity index (χ0n) is 14.4. The number of alkyl halides is 1. The second kappa shape index (κ2) is 7.00. The minimum Gasteiger partial charge on any atom is -0.376 e. The molecule has 0 bridgehead atoms. The van der Waals surface area contributed by atoms with Crippen LogP contribution in [-0.2, 0) is 13.1 Å². The molecule has 4 rings (SSSR count). The summed E-state index contributed by atoms with van der Waals surface area (Å²) in [6.45, 7) is 2.27. The van der Waals surface area contributed by atoms with Crippen molar-refractivity contribution in [2.24, 2.45) is 0 Å². The molecule has 0 radical (unpaired) electrons. The zero-order valence-corrected chi connectivity index (χ0v) is 14.4. The number of hydrogen-bond acceptors (Lipinski definition) is 4. The van der Waals surface area contributed by atoms with E-state index in [1.54, 1.807) is 0 Å². The number of hydrogen-bond donors (Lipinski definition) is 1. The van der Waals surface area contributed by atoms with Crippen LogP contribution in [0.4, 0.5) is 10.1 Å². The van der Waals surface area contributed by atoms with Crippen LogP contribution < -0.4 is 5.32 Å². The van der Waals surface area contributed by atoms with Crippen molar-refractivity contribution in [1.29, 1.82) is 0 Å². The maximum atomic E-state index is 13.1. The molecule has 2 aromatic heterocycles. The van der Waals surface area contributed by atoms with E-state index in [4.69, 9.17) is 4.52 Å². The van der Waals surface area contributed by atoms with Gasteiger partial charge in [0.2, 0.25) is 11.7 Å². The first-order valence-electron chi connectivity index (χ1n) is 8.53. The standard InChI is InChI=1S/C20H19FN4O/c1-14-6-5-9-17-16(14)12-18(25(17)11-10-21)20-23-19(26-24-20)13-22-15-7-3-2-4-8-15/h2-9,12,22H,10-11,13H2,1H3. The number of nitrogens with one attached hydrogen (secondary N) is 1. The van der Waals surface area contributed by atoms with Gasteiger partial charge in [-0.2, -0.15) is 4.98 Å². The van der Waals surface area contributed by atoms with Crippen molar-refractivity contribution >= 4 is 16.6 Å². The number of benzene rings is 2. The second-order valence-corrected chi connectivity index (χ2v) is 6.11. The summed E-state index contributed by atoms with van der Waals surface area (Å²) in [7, 11) is 0. The SMILES string of the molecule is Cc1cccc2c1cc(-c1noc(CNc3ccccc3)n1)n2CCF. The number of nitrogens with zero attached hydrogens (tertiary/aromatic N) is 3.